The molecule has 3 aliphatic heterocycles. The van der Waals surface area contributed by atoms with E-state index in [0.717, 1.165) is 30.7 Å². The van der Waals surface area contributed by atoms with Gasteiger partial charge in [0, 0.05) is 23.9 Å². The summed E-state index contributed by atoms with van der Waals surface area (Å²) in [5, 5.41) is 24.3. The summed E-state index contributed by atoms with van der Waals surface area (Å²) in [6.07, 6.45) is 2.14. The number of hydrogen-bond donors (Lipinski definition) is 3. The molecule has 4 aliphatic rings. The fourth-order valence-corrected chi connectivity index (χ4v) is 8.37. The van der Waals surface area contributed by atoms with Gasteiger partial charge in [-0.2, -0.15) is 15.2 Å². The number of nitrogens with two attached hydrogens (primary N) is 1. The maximum absolute atomic E-state index is 16.8. The highest BCUT2D eigenvalue weighted by Crippen LogP contribution is 2.51. The Kier molecular flexibility index (Phi) is 6.17. The van der Waals surface area contributed by atoms with Crippen molar-refractivity contribution in [2.45, 2.75) is 55.5 Å². The van der Waals surface area contributed by atoms with Gasteiger partial charge in [-0.15, -0.1) is 11.3 Å². The number of nitrogen functional groups attached to an aromatic ring is 1. The molecule has 2 aromatic heterocycles. The van der Waals surface area contributed by atoms with E-state index in [1.165, 1.54) is 12.1 Å². The number of alkyl halides is 1. The van der Waals surface area contributed by atoms with Gasteiger partial charge in [-0.3, -0.25) is 4.90 Å². The van der Waals surface area contributed by atoms with Crippen molar-refractivity contribution < 1.29 is 27.8 Å². The van der Waals surface area contributed by atoms with Crippen LogP contribution in [0.25, 0.3) is 32.1 Å². The van der Waals surface area contributed by atoms with Crippen LogP contribution in [-0.4, -0.2) is 69.6 Å². The van der Waals surface area contributed by atoms with E-state index in [-0.39, 0.29) is 78.5 Å². The number of thiophene rings is 1. The van der Waals surface area contributed by atoms with E-state index in [1.807, 2.05) is 6.07 Å². The molecule has 0 radical (unpaired) electrons. The second-order valence-corrected chi connectivity index (χ2v) is 13.6. The van der Waals surface area contributed by atoms with Crippen molar-refractivity contribution in [3.05, 3.63) is 34.4 Å². The number of nitriles is 1. The zero-order valence-electron chi connectivity index (χ0n) is 23.2. The molecule has 5 heterocycles. The molecule has 44 heavy (non-hydrogen) atoms. The zero-order valence-corrected chi connectivity index (χ0v) is 24.8. The van der Waals surface area contributed by atoms with Crippen molar-refractivity contribution in [1.29, 1.82) is 5.26 Å². The molecular weight excluding hydrogens is 617 g/mol. The van der Waals surface area contributed by atoms with Gasteiger partial charge in [0.1, 0.15) is 47.6 Å². The van der Waals surface area contributed by atoms with Gasteiger partial charge < -0.3 is 25.6 Å². The minimum absolute atomic E-state index is 0.00737. The fourth-order valence-electron chi connectivity index (χ4n) is 7.09. The molecule has 4 N–H and O–H groups in total. The van der Waals surface area contributed by atoms with Crippen molar-refractivity contribution in [2.24, 2.45) is 0 Å². The molecule has 2 saturated heterocycles. The van der Waals surface area contributed by atoms with Crippen LogP contribution in [0.1, 0.15) is 37.7 Å². The van der Waals surface area contributed by atoms with Gasteiger partial charge in [0.2, 0.25) is 0 Å². The summed E-state index contributed by atoms with van der Waals surface area (Å²) < 4.78 is 58.5. The van der Waals surface area contributed by atoms with Gasteiger partial charge in [-0.25, -0.2) is 13.2 Å². The van der Waals surface area contributed by atoms with E-state index in [2.05, 4.69) is 20.2 Å². The number of fused-ring (bicyclic) bond motifs is 2. The Balaban J connectivity index is 1.32. The van der Waals surface area contributed by atoms with E-state index in [9.17, 15) is 19.1 Å². The van der Waals surface area contributed by atoms with Crippen LogP contribution in [0.5, 0.6) is 11.8 Å². The number of benzene rings is 2. The van der Waals surface area contributed by atoms with Crippen molar-refractivity contribution in [3.63, 3.8) is 0 Å². The topological polar surface area (TPSA) is 130 Å². The monoisotopic (exact) mass is 642 g/mol. The predicted molar refractivity (Wildman–Crippen MR) is 160 cm³/mol. The van der Waals surface area contributed by atoms with E-state index < -0.39 is 35.0 Å². The largest absolute Gasteiger partial charge is 0.489 e. The summed E-state index contributed by atoms with van der Waals surface area (Å²) in [5.74, 6) is -1.22. The summed E-state index contributed by atoms with van der Waals surface area (Å²) >= 11 is 7.79. The summed E-state index contributed by atoms with van der Waals surface area (Å²) in [6, 6.07) is 3.79. The number of nitrogens with zero attached hydrogens (tertiary/aromatic N) is 4. The zero-order chi connectivity index (χ0) is 30.5. The Bertz CT molecular complexity index is 1930. The van der Waals surface area contributed by atoms with Gasteiger partial charge in [0.15, 0.2) is 11.6 Å². The third-order valence-electron chi connectivity index (χ3n) is 9.51. The number of aromatic nitrogens is 2. The van der Waals surface area contributed by atoms with Gasteiger partial charge >= 0.3 is 6.01 Å². The minimum Gasteiger partial charge on any atom is -0.489 e. The Hall–Kier alpha value is -3.57. The first-order valence-corrected chi connectivity index (χ1v) is 15.6. The predicted octanol–water partition coefficient (Wildman–Crippen LogP) is 5.55. The van der Waals surface area contributed by atoms with Crippen LogP contribution in [0.3, 0.4) is 0 Å². The molecular formula is C30H26ClF3N6O3S. The van der Waals surface area contributed by atoms with Crippen molar-refractivity contribution in [2.75, 3.05) is 37.4 Å². The second kappa shape index (κ2) is 9.71. The van der Waals surface area contributed by atoms with E-state index in [4.69, 9.17) is 26.8 Å². The quantitative estimate of drug-likeness (QED) is 0.257. The van der Waals surface area contributed by atoms with Crippen molar-refractivity contribution in [3.8, 4) is 29.0 Å². The number of anilines is 2. The number of halogens is 4. The van der Waals surface area contributed by atoms with Crippen LogP contribution in [-0.2, 0) is 0 Å². The molecule has 1 aliphatic carbocycles. The molecule has 8 rings (SSSR count). The average molecular weight is 643 g/mol. The van der Waals surface area contributed by atoms with Crippen LogP contribution in [0.4, 0.5) is 24.0 Å². The highest BCUT2D eigenvalue weighted by atomic mass is 35.5. The molecule has 2 aromatic carbocycles. The van der Waals surface area contributed by atoms with Crippen LogP contribution < -0.4 is 20.5 Å². The van der Waals surface area contributed by atoms with Gasteiger partial charge in [-0.05, 0) is 43.9 Å². The summed E-state index contributed by atoms with van der Waals surface area (Å²) in [7, 11) is 0. The highest BCUT2D eigenvalue weighted by molar-refractivity contribution is 7.23. The molecule has 0 bridgehead atoms. The Labute approximate surface area is 258 Å². The minimum atomic E-state index is -1.05. The lowest BCUT2D eigenvalue weighted by Gasteiger charge is -2.30. The molecule has 3 fully saturated rings. The SMILES string of the molecule is N#Cc1c(N)sc2c(F)ccc(-c3c(Cl)c4c5c(nc(OC[C@@]67CCCN6C[C@H](F)C7)nc5c3F)N[C@@H](C3(O)CC3)CO4)c12. The third kappa shape index (κ3) is 4.04. The lowest BCUT2D eigenvalue weighted by Crippen LogP contribution is -2.43. The molecule has 3 atom stereocenters. The Morgan fingerprint density at radius 2 is 2.09 bits per heavy atom. The lowest BCUT2D eigenvalue weighted by atomic mass is 9.95. The fraction of sp³-hybridized carbons (Fsp3) is 0.433. The first-order valence-electron chi connectivity index (χ1n) is 14.4. The molecule has 228 valence electrons. The second-order valence-electron chi connectivity index (χ2n) is 12.1. The summed E-state index contributed by atoms with van der Waals surface area (Å²) in [5.41, 5.74) is 4.34. The van der Waals surface area contributed by atoms with Crippen molar-refractivity contribution in [1.82, 2.24) is 14.9 Å². The standard InChI is InChI=1S/C30H26ClF3N6O3S/c31-21-19(14-2-3-16(33)25-18(14)15(9-35)26(36)44-25)22(34)23-20-24(21)42-11-17(30(41)5-6-30)37-27(20)39-28(38-23)43-12-29-4-1-7-40(29)10-13(32)8-29/h2-3,13,17,41H,1,4-8,10-12,36H2,(H,37,38,39)/t13-,17-,29+/m1/s1. The number of nitrogens with one attached hydrogen (secondary N) is 1. The van der Waals surface area contributed by atoms with Crippen LogP contribution >= 0.6 is 22.9 Å². The smallest absolute Gasteiger partial charge is 0.319 e. The molecule has 14 heteroatoms. The molecule has 4 aromatic rings. The van der Waals surface area contributed by atoms with E-state index in [1.54, 1.807) is 0 Å². The molecule has 9 nitrogen and oxygen atoms in total. The first-order chi connectivity index (χ1) is 21.1. The van der Waals surface area contributed by atoms with E-state index in [0.29, 0.717) is 25.8 Å². The maximum Gasteiger partial charge on any atom is 0.319 e. The van der Waals surface area contributed by atoms with Crippen LogP contribution in [0.15, 0.2) is 12.1 Å². The summed E-state index contributed by atoms with van der Waals surface area (Å²) in [4.78, 5) is 11.1. The van der Waals surface area contributed by atoms with Gasteiger partial charge in [-0.1, -0.05) is 17.7 Å². The van der Waals surface area contributed by atoms with Crippen LogP contribution in [0.2, 0.25) is 5.02 Å². The number of ether oxygens (including phenoxy) is 2. The van der Waals surface area contributed by atoms with Gasteiger partial charge in [0.25, 0.3) is 0 Å². The molecule has 0 amide bonds. The van der Waals surface area contributed by atoms with Crippen molar-refractivity contribution >= 4 is 54.7 Å². The molecule has 1 saturated carbocycles. The number of hydrogen-bond acceptors (Lipinski definition) is 10. The number of rotatable bonds is 5. The van der Waals surface area contributed by atoms with E-state index >= 15 is 4.39 Å². The Morgan fingerprint density at radius 1 is 1.27 bits per heavy atom. The molecule has 0 unspecified atom stereocenters. The molecule has 0 spiro atoms. The maximum atomic E-state index is 16.8. The van der Waals surface area contributed by atoms with Gasteiger partial charge in [0.05, 0.1) is 37.9 Å². The normalized spacial score (nSPS) is 25.4. The highest BCUT2D eigenvalue weighted by Gasteiger charge is 2.51. The van der Waals surface area contributed by atoms with Crippen LogP contribution in [0, 0.1) is 23.0 Å². The first kappa shape index (κ1) is 27.9. The summed E-state index contributed by atoms with van der Waals surface area (Å²) in [6.45, 7) is 1.23. The Morgan fingerprint density at radius 3 is 2.86 bits per heavy atom. The average Bonchev–Trinajstić information content (AvgIpc) is 3.41. The third-order valence-corrected chi connectivity index (χ3v) is 10.9. The number of aliphatic hydroxyl groups is 1. The lowest BCUT2D eigenvalue weighted by molar-refractivity contribution is 0.103.